The van der Waals surface area contributed by atoms with Crippen LogP contribution in [0.3, 0.4) is 0 Å². The predicted octanol–water partition coefficient (Wildman–Crippen LogP) is 4.28. The number of nitrogens with zero attached hydrogens (tertiary/aromatic N) is 3. The van der Waals surface area contributed by atoms with E-state index in [1.807, 2.05) is 6.07 Å². The van der Waals surface area contributed by atoms with E-state index in [4.69, 9.17) is 9.26 Å². The third-order valence-electron chi connectivity index (χ3n) is 5.82. The summed E-state index contributed by atoms with van der Waals surface area (Å²) in [7, 11) is 1.78. The highest BCUT2D eigenvalue weighted by molar-refractivity contribution is 14.0. The van der Waals surface area contributed by atoms with Crippen LogP contribution in [0.15, 0.2) is 39.8 Å². The number of guanidine groups is 1. The lowest BCUT2D eigenvalue weighted by atomic mass is 9.99. The highest BCUT2D eigenvalue weighted by Gasteiger charge is 2.17. The molecule has 0 spiro atoms. The lowest BCUT2D eigenvalue weighted by Crippen LogP contribution is -2.40. The highest BCUT2D eigenvalue weighted by atomic mass is 127. The maximum atomic E-state index is 5.64. The molecule has 1 aliphatic rings. The van der Waals surface area contributed by atoms with Crippen LogP contribution in [0.5, 0.6) is 0 Å². The monoisotopic (exact) mass is 555 g/mol. The first-order valence-corrected chi connectivity index (χ1v) is 11.4. The molecule has 1 aliphatic heterocycles. The van der Waals surface area contributed by atoms with Crippen molar-refractivity contribution >= 4 is 29.9 Å². The van der Waals surface area contributed by atoms with E-state index in [9.17, 15) is 0 Å². The minimum absolute atomic E-state index is 0. The summed E-state index contributed by atoms with van der Waals surface area (Å²) in [5, 5.41) is 10.9. The number of aliphatic imine (C=N–C) groups is 1. The van der Waals surface area contributed by atoms with Crippen molar-refractivity contribution in [2.75, 3.05) is 26.7 Å². The van der Waals surface area contributed by atoms with Gasteiger partial charge in [0.1, 0.15) is 0 Å². The molecule has 3 rings (SSSR count). The van der Waals surface area contributed by atoms with Crippen LogP contribution in [0.25, 0.3) is 0 Å². The lowest BCUT2D eigenvalue weighted by Gasteiger charge is -2.31. The molecule has 1 fully saturated rings. The molecular weight excluding hydrogens is 517 g/mol. The number of morpholine rings is 1. The van der Waals surface area contributed by atoms with Crippen molar-refractivity contribution < 1.29 is 9.26 Å². The topological polar surface area (TPSA) is 74.9 Å². The van der Waals surface area contributed by atoms with Crippen LogP contribution in [-0.4, -0.2) is 48.9 Å². The Hall–Kier alpha value is -1.65. The molecule has 1 atom stereocenters. The van der Waals surface area contributed by atoms with Crippen molar-refractivity contribution in [3.05, 3.63) is 52.9 Å². The van der Waals surface area contributed by atoms with Gasteiger partial charge < -0.3 is 19.9 Å². The summed E-state index contributed by atoms with van der Waals surface area (Å²) < 4.78 is 11.1. The highest BCUT2D eigenvalue weighted by Crippen LogP contribution is 2.22. The molecule has 2 heterocycles. The van der Waals surface area contributed by atoms with Crippen molar-refractivity contribution in [1.82, 2.24) is 20.7 Å². The number of hydrogen-bond acceptors (Lipinski definition) is 5. The quantitative estimate of drug-likeness (QED) is 0.274. The molecule has 1 aromatic carbocycles. The van der Waals surface area contributed by atoms with Gasteiger partial charge in [0.25, 0.3) is 0 Å². The molecular formula is C24H38IN5O2. The fraction of sp³-hybridized carbons (Fsp3) is 0.583. The zero-order valence-corrected chi connectivity index (χ0v) is 22.1. The summed E-state index contributed by atoms with van der Waals surface area (Å²) in [6.07, 6.45) is 2.45. The number of nitrogens with one attached hydrogen (secondary N) is 2. The van der Waals surface area contributed by atoms with Gasteiger partial charge in [-0.3, -0.25) is 9.89 Å². The van der Waals surface area contributed by atoms with Crippen LogP contribution in [0.1, 0.15) is 62.1 Å². The van der Waals surface area contributed by atoms with Crippen LogP contribution >= 0.6 is 24.0 Å². The second kappa shape index (κ2) is 13.8. The fourth-order valence-corrected chi connectivity index (χ4v) is 4.02. The third-order valence-corrected chi connectivity index (χ3v) is 5.82. The Balaban J connectivity index is 0.00000363. The average molecular weight is 556 g/mol. The van der Waals surface area contributed by atoms with E-state index in [1.165, 1.54) is 11.1 Å². The minimum Gasteiger partial charge on any atom is -0.376 e. The van der Waals surface area contributed by atoms with Crippen LogP contribution in [0.2, 0.25) is 0 Å². The van der Waals surface area contributed by atoms with Crippen molar-refractivity contribution in [3.8, 4) is 0 Å². The first-order valence-electron chi connectivity index (χ1n) is 11.4. The van der Waals surface area contributed by atoms with E-state index in [0.29, 0.717) is 25.1 Å². The first kappa shape index (κ1) is 26.6. The molecule has 0 bridgehead atoms. The van der Waals surface area contributed by atoms with Crippen molar-refractivity contribution in [2.24, 2.45) is 4.99 Å². The Morgan fingerprint density at radius 3 is 2.66 bits per heavy atom. The van der Waals surface area contributed by atoms with E-state index < -0.39 is 0 Å². The van der Waals surface area contributed by atoms with Gasteiger partial charge >= 0.3 is 0 Å². The van der Waals surface area contributed by atoms with Gasteiger partial charge in [-0.2, -0.15) is 0 Å². The Bertz CT molecular complexity index is 837. The molecule has 1 unspecified atom stereocenters. The van der Waals surface area contributed by atoms with E-state index in [-0.39, 0.29) is 24.0 Å². The number of rotatable bonds is 9. The van der Waals surface area contributed by atoms with Crippen LogP contribution in [0, 0.1) is 0 Å². The maximum Gasteiger partial charge on any atom is 0.191 e. The Morgan fingerprint density at radius 1 is 1.19 bits per heavy atom. The molecule has 8 heteroatoms. The second-order valence-electron chi connectivity index (χ2n) is 8.25. The van der Waals surface area contributed by atoms with Crippen molar-refractivity contribution in [1.29, 1.82) is 0 Å². The molecule has 1 saturated heterocycles. The van der Waals surface area contributed by atoms with Gasteiger partial charge in [0.05, 0.1) is 24.9 Å². The Morgan fingerprint density at radius 2 is 1.94 bits per heavy atom. The van der Waals surface area contributed by atoms with Crippen LogP contribution < -0.4 is 10.6 Å². The van der Waals surface area contributed by atoms with Crippen LogP contribution in [0.4, 0.5) is 0 Å². The van der Waals surface area contributed by atoms with Crippen LogP contribution in [-0.2, 0) is 24.4 Å². The molecule has 0 aliphatic carbocycles. The molecule has 0 radical (unpaired) electrons. The normalized spacial score (nSPS) is 17.3. The summed E-state index contributed by atoms with van der Waals surface area (Å²) in [5.74, 6) is 2.03. The van der Waals surface area contributed by atoms with Crippen molar-refractivity contribution in [3.63, 3.8) is 0 Å². The first-order chi connectivity index (χ1) is 15.1. The Kier molecular flexibility index (Phi) is 11.5. The molecule has 2 aromatic rings. The standard InChI is InChI=1S/C24H37N5O2.HI/c1-5-21(6-2)23-13-22(31-28-23)15-27-24(25-4)26-14-19-8-7-9-20(12-19)17-29-10-11-30-18(3)16-29;/h7-9,12-13,18,21H,5-6,10-11,14-17H2,1-4H3,(H2,25,26,27);1H. The number of benzene rings is 1. The van der Waals surface area contributed by atoms with Gasteiger partial charge in [0, 0.05) is 45.2 Å². The smallest absolute Gasteiger partial charge is 0.191 e. The molecule has 32 heavy (non-hydrogen) atoms. The van der Waals surface area contributed by atoms with Gasteiger partial charge in [-0.25, -0.2) is 0 Å². The SMILES string of the molecule is CCC(CC)c1cc(CNC(=NC)NCc2cccc(CN3CCOC(C)C3)c2)on1.I. The van der Waals surface area contributed by atoms with E-state index in [2.05, 4.69) is 70.7 Å². The zero-order chi connectivity index (χ0) is 22.1. The summed E-state index contributed by atoms with van der Waals surface area (Å²) in [5.41, 5.74) is 3.60. The van der Waals surface area contributed by atoms with Crippen molar-refractivity contribution in [2.45, 2.75) is 65.3 Å². The summed E-state index contributed by atoms with van der Waals surface area (Å²) in [6.45, 7) is 11.5. The number of halogens is 1. The summed E-state index contributed by atoms with van der Waals surface area (Å²) >= 11 is 0. The molecule has 0 saturated carbocycles. The summed E-state index contributed by atoms with van der Waals surface area (Å²) in [4.78, 5) is 6.78. The molecule has 1 aromatic heterocycles. The minimum atomic E-state index is 0. The fourth-order valence-electron chi connectivity index (χ4n) is 4.02. The predicted molar refractivity (Wildman–Crippen MR) is 139 cm³/mol. The van der Waals surface area contributed by atoms with Gasteiger partial charge in [0.2, 0.25) is 0 Å². The second-order valence-corrected chi connectivity index (χ2v) is 8.25. The average Bonchev–Trinajstić information content (AvgIpc) is 3.24. The third kappa shape index (κ3) is 8.04. The number of aromatic nitrogens is 1. The van der Waals surface area contributed by atoms with Gasteiger partial charge in [0.15, 0.2) is 11.7 Å². The molecule has 0 amide bonds. The number of hydrogen-bond donors (Lipinski definition) is 2. The largest absolute Gasteiger partial charge is 0.376 e. The lowest BCUT2D eigenvalue weighted by molar-refractivity contribution is -0.0212. The zero-order valence-electron chi connectivity index (χ0n) is 19.8. The van der Waals surface area contributed by atoms with Gasteiger partial charge in [-0.05, 0) is 30.9 Å². The molecule has 2 N–H and O–H groups in total. The van der Waals surface area contributed by atoms with E-state index >= 15 is 0 Å². The number of ether oxygens (including phenoxy) is 1. The molecule has 178 valence electrons. The molecule has 7 nitrogen and oxygen atoms in total. The van der Waals surface area contributed by atoms with E-state index in [1.54, 1.807) is 7.05 Å². The van der Waals surface area contributed by atoms with E-state index in [0.717, 1.165) is 56.5 Å². The van der Waals surface area contributed by atoms with Gasteiger partial charge in [-0.1, -0.05) is 43.3 Å². The Labute approximate surface area is 209 Å². The van der Waals surface area contributed by atoms with Gasteiger partial charge in [-0.15, -0.1) is 24.0 Å². The summed E-state index contributed by atoms with van der Waals surface area (Å²) in [6, 6.07) is 10.8. The maximum absolute atomic E-state index is 5.64.